The molecule has 0 bridgehead atoms. The smallest absolute Gasteiger partial charge is 0.236 e. The normalized spacial score (nSPS) is 22.0. The van der Waals surface area contributed by atoms with Crippen LogP contribution in [0.4, 0.5) is 0 Å². The lowest BCUT2D eigenvalue weighted by Crippen LogP contribution is -2.26. The summed E-state index contributed by atoms with van der Waals surface area (Å²) in [6.07, 6.45) is 0.913. The Bertz CT molecular complexity index is 352. The predicted octanol–water partition coefficient (Wildman–Crippen LogP) is 1.95. The van der Waals surface area contributed by atoms with E-state index in [1.165, 1.54) is 4.88 Å². The highest BCUT2D eigenvalue weighted by atomic mass is 79.9. The molecule has 1 fully saturated rings. The van der Waals surface area contributed by atoms with Crippen molar-refractivity contribution in [3.63, 3.8) is 0 Å². The van der Waals surface area contributed by atoms with Gasteiger partial charge in [0.25, 0.3) is 0 Å². The van der Waals surface area contributed by atoms with Gasteiger partial charge in [-0.3, -0.25) is 4.79 Å². The van der Waals surface area contributed by atoms with Gasteiger partial charge in [0, 0.05) is 11.4 Å². The first kappa shape index (κ1) is 10.1. The molecule has 76 valence electrons. The number of rotatable bonds is 2. The minimum absolute atomic E-state index is 0.0238. The third kappa shape index (κ3) is 1.83. The maximum absolute atomic E-state index is 11.6. The Balaban J connectivity index is 2.06. The quantitative estimate of drug-likeness (QED) is 0.773. The van der Waals surface area contributed by atoms with E-state index in [1.54, 1.807) is 11.3 Å². The number of hydrogen-bond acceptors (Lipinski definition) is 3. The summed E-state index contributed by atoms with van der Waals surface area (Å²) in [7, 11) is 0. The van der Waals surface area contributed by atoms with E-state index in [-0.39, 0.29) is 10.7 Å². The van der Waals surface area contributed by atoms with Gasteiger partial charge in [-0.05, 0) is 13.3 Å². The Morgan fingerprint density at radius 1 is 1.79 bits per heavy atom. The van der Waals surface area contributed by atoms with Crippen molar-refractivity contribution in [2.75, 3.05) is 6.54 Å². The SMILES string of the molecule is Cc1ncsc1CN1CCC(Br)C1=O. The molecular weight excluding hydrogens is 264 g/mol. The van der Waals surface area contributed by atoms with Gasteiger partial charge in [-0.1, -0.05) is 15.9 Å². The molecule has 14 heavy (non-hydrogen) atoms. The fraction of sp³-hybridized carbons (Fsp3) is 0.556. The van der Waals surface area contributed by atoms with Crippen LogP contribution in [0.5, 0.6) is 0 Å². The van der Waals surface area contributed by atoms with Gasteiger partial charge in [-0.15, -0.1) is 11.3 Å². The molecule has 2 rings (SSSR count). The number of alkyl halides is 1. The fourth-order valence-electron chi connectivity index (χ4n) is 1.51. The molecular formula is C9H11BrN2OS. The summed E-state index contributed by atoms with van der Waals surface area (Å²) in [6.45, 7) is 3.56. The average molecular weight is 275 g/mol. The van der Waals surface area contributed by atoms with Crippen molar-refractivity contribution < 1.29 is 4.79 Å². The zero-order valence-corrected chi connectivity index (χ0v) is 10.3. The van der Waals surface area contributed by atoms with Crippen LogP contribution in [0.1, 0.15) is 17.0 Å². The van der Waals surface area contributed by atoms with Crippen LogP contribution in [0.25, 0.3) is 0 Å². The number of hydrogen-bond donors (Lipinski definition) is 0. The lowest BCUT2D eigenvalue weighted by atomic mass is 10.3. The van der Waals surface area contributed by atoms with E-state index in [0.29, 0.717) is 0 Å². The van der Waals surface area contributed by atoms with Gasteiger partial charge in [0.15, 0.2) is 0 Å². The standard InChI is InChI=1S/C9H11BrN2OS/c1-6-8(14-5-11-6)4-12-3-2-7(10)9(12)13/h5,7H,2-4H2,1H3. The lowest BCUT2D eigenvalue weighted by Gasteiger charge is -2.14. The third-order valence-corrected chi connectivity index (χ3v) is 4.18. The summed E-state index contributed by atoms with van der Waals surface area (Å²) >= 11 is 4.98. The number of aromatic nitrogens is 1. The van der Waals surface area contributed by atoms with Gasteiger partial charge in [0.2, 0.25) is 5.91 Å². The minimum Gasteiger partial charge on any atom is -0.336 e. The highest BCUT2D eigenvalue weighted by molar-refractivity contribution is 9.10. The largest absolute Gasteiger partial charge is 0.336 e. The molecule has 1 aliphatic rings. The Morgan fingerprint density at radius 3 is 3.07 bits per heavy atom. The van der Waals surface area contributed by atoms with Crippen molar-refractivity contribution in [3.8, 4) is 0 Å². The molecule has 0 saturated carbocycles. The Morgan fingerprint density at radius 2 is 2.57 bits per heavy atom. The van der Waals surface area contributed by atoms with Crippen molar-refractivity contribution in [1.82, 2.24) is 9.88 Å². The molecule has 1 saturated heterocycles. The molecule has 1 atom stereocenters. The summed E-state index contributed by atoms with van der Waals surface area (Å²) in [6, 6.07) is 0. The van der Waals surface area contributed by atoms with E-state index >= 15 is 0 Å². The van der Waals surface area contributed by atoms with Gasteiger partial charge in [-0.2, -0.15) is 0 Å². The third-order valence-electron chi connectivity index (χ3n) is 2.41. The van der Waals surface area contributed by atoms with Crippen LogP contribution in [0.3, 0.4) is 0 Å². The molecule has 0 spiro atoms. The molecule has 1 aliphatic heterocycles. The number of thiazole rings is 1. The molecule has 1 aromatic heterocycles. The van der Waals surface area contributed by atoms with Gasteiger partial charge >= 0.3 is 0 Å². The number of amides is 1. The van der Waals surface area contributed by atoms with Crippen LogP contribution >= 0.6 is 27.3 Å². The molecule has 1 unspecified atom stereocenters. The number of nitrogens with zero attached hydrogens (tertiary/aromatic N) is 2. The molecule has 0 aliphatic carbocycles. The van der Waals surface area contributed by atoms with E-state index in [1.807, 2.05) is 17.3 Å². The molecule has 0 radical (unpaired) electrons. The number of likely N-dealkylation sites (tertiary alicyclic amines) is 1. The highest BCUT2D eigenvalue weighted by Gasteiger charge is 2.29. The first-order valence-corrected chi connectivity index (χ1v) is 6.30. The van der Waals surface area contributed by atoms with Crippen LogP contribution in [0, 0.1) is 6.92 Å². The zero-order valence-electron chi connectivity index (χ0n) is 7.86. The van der Waals surface area contributed by atoms with E-state index in [9.17, 15) is 4.79 Å². The van der Waals surface area contributed by atoms with Crippen LogP contribution in [0.15, 0.2) is 5.51 Å². The second-order valence-electron chi connectivity index (χ2n) is 3.38. The molecule has 0 aromatic carbocycles. The first-order valence-electron chi connectivity index (χ1n) is 4.50. The average Bonchev–Trinajstić information content (AvgIpc) is 2.68. The number of carbonyl (C=O) groups is 1. The summed E-state index contributed by atoms with van der Waals surface area (Å²) in [4.78, 5) is 18.9. The van der Waals surface area contributed by atoms with Crippen molar-refractivity contribution in [3.05, 3.63) is 16.1 Å². The summed E-state index contributed by atoms with van der Waals surface area (Å²) in [5.41, 5.74) is 2.87. The molecule has 5 heteroatoms. The van der Waals surface area contributed by atoms with E-state index in [0.717, 1.165) is 25.2 Å². The summed E-state index contributed by atoms with van der Waals surface area (Å²) < 4.78 is 0. The summed E-state index contributed by atoms with van der Waals surface area (Å²) in [5.74, 6) is 0.206. The van der Waals surface area contributed by atoms with Gasteiger partial charge < -0.3 is 4.90 Å². The Labute approximate surface area is 95.3 Å². The van der Waals surface area contributed by atoms with Crippen LogP contribution in [-0.2, 0) is 11.3 Å². The zero-order chi connectivity index (χ0) is 10.1. The van der Waals surface area contributed by atoms with Gasteiger partial charge in [-0.25, -0.2) is 4.98 Å². The second-order valence-corrected chi connectivity index (χ2v) is 5.42. The Hall–Kier alpha value is -0.420. The monoisotopic (exact) mass is 274 g/mol. The topological polar surface area (TPSA) is 33.2 Å². The summed E-state index contributed by atoms with van der Waals surface area (Å²) in [5, 5.41) is 0. The van der Waals surface area contributed by atoms with Gasteiger partial charge in [0.05, 0.1) is 22.6 Å². The van der Waals surface area contributed by atoms with E-state index in [2.05, 4.69) is 20.9 Å². The van der Waals surface area contributed by atoms with Crippen molar-refractivity contribution in [2.45, 2.75) is 24.7 Å². The highest BCUT2D eigenvalue weighted by Crippen LogP contribution is 2.22. The maximum atomic E-state index is 11.6. The Kier molecular flexibility index (Phi) is 2.88. The van der Waals surface area contributed by atoms with Crippen molar-refractivity contribution >= 4 is 33.2 Å². The molecule has 0 N–H and O–H groups in total. The fourth-order valence-corrected chi connectivity index (χ4v) is 2.80. The predicted molar refractivity (Wildman–Crippen MR) is 59.6 cm³/mol. The van der Waals surface area contributed by atoms with Crippen LogP contribution in [0.2, 0.25) is 0 Å². The molecule has 2 heterocycles. The number of aryl methyl sites for hydroxylation is 1. The van der Waals surface area contributed by atoms with Crippen molar-refractivity contribution in [2.24, 2.45) is 0 Å². The minimum atomic E-state index is 0.0238. The molecule has 3 nitrogen and oxygen atoms in total. The van der Waals surface area contributed by atoms with Crippen LogP contribution < -0.4 is 0 Å². The van der Waals surface area contributed by atoms with E-state index in [4.69, 9.17) is 0 Å². The maximum Gasteiger partial charge on any atom is 0.236 e. The molecule has 1 amide bonds. The second kappa shape index (κ2) is 3.98. The van der Waals surface area contributed by atoms with Crippen molar-refractivity contribution in [1.29, 1.82) is 0 Å². The number of carbonyl (C=O) groups excluding carboxylic acids is 1. The molecule has 1 aromatic rings. The number of halogens is 1. The van der Waals surface area contributed by atoms with Crippen LogP contribution in [-0.4, -0.2) is 27.2 Å². The first-order chi connectivity index (χ1) is 6.68. The van der Waals surface area contributed by atoms with Gasteiger partial charge in [0.1, 0.15) is 0 Å². The van der Waals surface area contributed by atoms with E-state index < -0.39 is 0 Å². The lowest BCUT2D eigenvalue weighted by molar-refractivity contribution is -0.127.